The van der Waals surface area contributed by atoms with Crippen molar-refractivity contribution in [1.82, 2.24) is 4.31 Å². The van der Waals surface area contributed by atoms with Gasteiger partial charge in [-0.1, -0.05) is 24.6 Å². The molecule has 1 amide bonds. The molecule has 0 aliphatic rings. The molecule has 0 aliphatic carbocycles. The molecule has 0 saturated heterocycles. The Morgan fingerprint density at radius 2 is 1.96 bits per heavy atom. The van der Waals surface area contributed by atoms with Crippen LogP contribution in [-0.4, -0.2) is 38.8 Å². The molecular weight excluding hydrogens is 395 g/mol. The molecule has 2 aromatic carbocycles. The minimum absolute atomic E-state index is 0.0510. The van der Waals surface area contributed by atoms with E-state index < -0.39 is 28.3 Å². The minimum atomic E-state index is -3.95. The first kappa shape index (κ1) is 21.1. The molecule has 6 nitrogen and oxygen atoms in total. The van der Waals surface area contributed by atoms with E-state index in [0.717, 1.165) is 4.31 Å². The zero-order valence-electron chi connectivity index (χ0n) is 15.1. The van der Waals surface area contributed by atoms with Gasteiger partial charge in [0.25, 0.3) is 0 Å². The first-order chi connectivity index (χ1) is 12.7. The van der Waals surface area contributed by atoms with Gasteiger partial charge in [-0.05, 0) is 42.8 Å². The minimum Gasteiger partial charge on any atom is -0.495 e. The lowest BCUT2D eigenvalue weighted by atomic mass is 10.2. The zero-order valence-corrected chi connectivity index (χ0v) is 16.7. The van der Waals surface area contributed by atoms with Crippen LogP contribution in [0.15, 0.2) is 41.3 Å². The van der Waals surface area contributed by atoms with Gasteiger partial charge in [0.05, 0.1) is 23.6 Å². The number of anilines is 1. The van der Waals surface area contributed by atoms with E-state index in [-0.39, 0.29) is 16.5 Å². The summed E-state index contributed by atoms with van der Waals surface area (Å²) in [5.74, 6) is -0.726. The second kappa shape index (κ2) is 8.69. The van der Waals surface area contributed by atoms with Crippen LogP contribution >= 0.6 is 11.6 Å². The molecule has 146 valence electrons. The van der Waals surface area contributed by atoms with Crippen LogP contribution in [-0.2, 0) is 14.8 Å². The molecule has 0 saturated carbocycles. The second-order valence-corrected chi connectivity index (χ2v) is 8.08. The van der Waals surface area contributed by atoms with Crippen LogP contribution in [0.5, 0.6) is 5.75 Å². The number of ether oxygens (including phenoxy) is 1. The summed E-state index contributed by atoms with van der Waals surface area (Å²) in [6.45, 7) is 2.98. The third-order valence-electron chi connectivity index (χ3n) is 3.91. The van der Waals surface area contributed by atoms with Crippen LogP contribution in [0.1, 0.15) is 12.5 Å². The molecule has 1 N–H and O–H groups in total. The summed E-state index contributed by atoms with van der Waals surface area (Å²) in [5, 5.41) is 2.69. The number of amides is 1. The smallest absolute Gasteiger partial charge is 0.243 e. The highest BCUT2D eigenvalue weighted by Gasteiger charge is 2.26. The number of nitrogens with one attached hydrogen (secondary N) is 1. The summed E-state index contributed by atoms with van der Waals surface area (Å²) in [4.78, 5) is 12.3. The number of hydrogen-bond donors (Lipinski definition) is 1. The SMILES string of the molecule is CCN(CC(=O)Nc1cc(F)ccc1C)S(=O)(=O)c1ccc(OC)c(Cl)c1. The molecule has 0 aliphatic heterocycles. The molecule has 2 aromatic rings. The normalized spacial score (nSPS) is 11.5. The molecule has 0 bridgehead atoms. The van der Waals surface area contributed by atoms with E-state index in [1.54, 1.807) is 13.8 Å². The highest BCUT2D eigenvalue weighted by Crippen LogP contribution is 2.28. The van der Waals surface area contributed by atoms with Crippen molar-refractivity contribution in [2.75, 3.05) is 25.5 Å². The second-order valence-electron chi connectivity index (χ2n) is 5.73. The summed E-state index contributed by atoms with van der Waals surface area (Å²) in [7, 11) is -2.52. The molecule has 0 radical (unpaired) electrons. The van der Waals surface area contributed by atoms with Crippen LogP contribution in [0.25, 0.3) is 0 Å². The Balaban J connectivity index is 2.21. The third kappa shape index (κ3) is 4.97. The molecule has 0 atom stereocenters. The Morgan fingerprint density at radius 3 is 2.56 bits per heavy atom. The summed E-state index contributed by atoms with van der Waals surface area (Å²) in [6, 6.07) is 8.06. The van der Waals surface area contributed by atoms with Gasteiger partial charge in [-0.25, -0.2) is 12.8 Å². The number of aryl methyl sites for hydroxylation is 1. The van der Waals surface area contributed by atoms with Crippen molar-refractivity contribution < 1.29 is 22.3 Å². The molecule has 0 fully saturated rings. The Hall–Kier alpha value is -2.16. The number of rotatable bonds is 7. The van der Waals surface area contributed by atoms with E-state index in [1.807, 2.05) is 0 Å². The monoisotopic (exact) mass is 414 g/mol. The van der Waals surface area contributed by atoms with E-state index in [4.69, 9.17) is 16.3 Å². The van der Waals surface area contributed by atoms with Crippen molar-refractivity contribution in [3.05, 3.63) is 52.8 Å². The number of carbonyl (C=O) groups excluding carboxylic acids is 1. The van der Waals surface area contributed by atoms with Crippen molar-refractivity contribution in [2.24, 2.45) is 0 Å². The van der Waals surface area contributed by atoms with E-state index in [1.165, 1.54) is 43.5 Å². The molecule has 9 heteroatoms. The standard InChI is InChI=1S/C18H20ClFN2O4S/c1-4-22(11-18(23)21-16-9-13(20)6-5-12(16)2)27(24,25)14-7-8-17(26-3)15(19)10-14/h5-10H,4,11H2,1-3H3,(H,21,23). The quantitative estimate of drug-likeness (QED) is 0.753. The summed E-state index contributed by atoms with van der Waals surface area (Å²) < 4.78 is 45.0. The van der Waals surface area contributed by atoms with Crippen LogP contribution in [0.2, 0.25) is 5.02 Å². The summed E-state index contributed by atoms with van der Waals surface area (Å²) in [6.07, 6.45) is 0. The van der Waals surface area contributed by atoms with Gasteiger partial charge >= 0.3 is 0 Å². The van der Waals surface area contributed by atoms with Gasteiger partial charge in [0.1, 0.15) is 11.6 Å². The number of likely N-dealkylation sites (N-methyl/N-ethyl adjacent to an activating group) is 1. The largest absolute Gasteiger partial charge is 0.495 e. The molecule has 0 aromatic heterocycles. The van der Waals surface area contributed by atoms with Gasteiger partial charge < -0.3 is 10.1 Å². The maximum atomic E-state index is 13.4. The Labute approximate surface area is 162 Å². The van der Waals surface area contributed by atoms with Gasteiger partial charge in [-0.15, -0.1) is 0 Å². The van der Waals surface area contributed by atoms with Gasteiger partial charge in [0, 0.05) is 12.2 Å². The molecule has 0 heterocycles. The van der Waals surface area contributed by atoms with Crippen molar-refractivity contribution in [2.45, 2.75) is 18.7 Å². The maximum Gasteiger partial charge on any atom is 0.243 e. The first-order valence-electron chi connectivity index (χ1n) is 8.08. The van der Waals surface area contributed by atoms with Crippen LogP contribution in [0.4, 0.5) is 10.1 Å². The number of hydrogen-bond acceptors (Lipinski definition) is 4. The fourth-order valence-electron chi connectivity index (χ4n) is 2.40. The van der Waals surface area contributed by atoms with E-state index in [9.17, 15) is 17.6 Å². The summed E-state index contributed by atoms with van der Waals surface area (Å²) >= 11 is 6.01. The first-order valence-corrected chi connectivity index (χ1v) is 9.90. The fraction of sp³-hybridized carbons (Fsp3) is 0.278. The lowest BCUT2D eigenvalue weighted by Gasteiger charge is -2.20. The number of benzene rings is 2. The summed E-state index contributed by atoms with van der Waals surface area (Å²) in [5.41, 5.74) is 0.957. The molecule has 0 spiro atoms. The van der Waals surface area contributed by atoms with Crippen molar-refractivity contribution in [1.29, 1.82) is 0 Å². The van der Waals surface area contributed by atoms with Crippen LogP contribution in [0.3, 0.4) is 0 Å². The van der Waals surface area contributed by atoms with E-state index in [2.05, 4.69) is 5.32 Å². The van der Waals surface area contributed by atoms with Crippen LogP contribution < -0.4 is 10.1 Å². The van der Waals surface area contributed by atoms with Crippen LogP contribution in [0, 0.1) is 12.7 Å². The number of methoxy groups -OCH3 is 1. The Morgan fingerprint density at radius 1 is 1.26 bits per heavy atom. The van der Waals surface area contributed by atoms with E-state index in [0.29, 0.717) is 17.0 Å². The number of sulfonamides is 1. The average molecular weight is 415 g/mol. The Bertz CT molecular complexity index is 950. The van der Waals surface area contributed by atoms with Crippen molar-refractivity contribution in [3.63, 3.8) is 0 Å². The maximum absolute atomic E-state index is 13.4. The number of nitrogens with zero attached hydrogens (tertiary/aromatic N) is 1. The lowest BCUT2D eigenvalue weighted by molar-refractivity contribution is -0.116. The predicted octanol–water partition coefficient (Wildman–Crippen LogP) is 3.45. The predicted molar refractivity (Wildman–Crippen MR) is 102 cm³/mol. The van der Waals surface area contributed by atoms with Crippen molar-refractivity contribution in [3.8, 4) is 5.75 Å². The zero-order chi connectivity index (χ0) is 20.2. The number of carbonyl (C=O) groups is 1. The highest BCUT2D eigenvalue weighted by atomic mass is 35.5. The molecular formula is C18H20ClFN2O4S. The molecule has 0 unspecified atom stereocenters. The van der Waals surface area contributed by atoms with E-state index >= 15 is 0 Å². The third-order valence-corrected chi connectivity index (χ3v) is 6.12. The Kier molecular flexibility index (Phi) is 6.80. The molecule has 27 heavy (non-hydrogen) atoms. The number of halogens is 2. The fourth-order valence-corrected chi connectivity index (χ4v) is 4.16. The van der Waals surface area contributed by atoms with Gasteiger partial charge in [-0.2, -0.15) is 4.31 Å². The highest BCUT2D eigenvalue weighted by molar-refractivity contribution is 7.89. The van der Waals surface area contributed by atoms with Gasteiger partial charge in [0.15, 0.2) is 0 Å². The topological polar surface area (TPSA) is 75.7 Å². The lowest BCUT2D eigenvalue weighted by Crippen LogP contribution is -2.38. The van der Waals surface area contributed by atoms with Gasteiger partial charge in [-0.3, -0.25) is 4.79 Å². The average Bonchev–Trinajstić information content (AvgIpc) is 2.62. The van der Waals surface area contributed by atoms with Gasteiger partial charge in [0.2, 0.25) is 15.9 Å². The molecule has 2 rings (SSSR count). The van der Waals surface area contributed by atoms with Crippen molar-refractivity contribution >= 4 is 33.2 Å².